The Labute approximate surface area is 190 Å². The van der Waals surface area contributed by atoms with Gasteiger partial charge in [-0.15, -0.1) is 11.3 Å². The second kappa shape index (κ2) is 8.22. The topological polar surface area (TPSA) is 92.8 Å². The molecule has 1 atom stereocenters. The van der Waals surface area contributed by atoms with Crippen LogP contribution >= 0.6 is 23.1 Å². The van der Waals surface area contributed by atoms with Crippen molar-refractivity contribution in [3.05, 3.63) is 88.3 Å². The number of hydrogen-bond donors (Lipinski definition) is 2. The molecule has 0 radical (unpaired) electrons. The van der Waals surface area contributed by atoms with Crippen LogP contribution in [0.5, 0.6) is 17.2 Å². The van der Waals surface area contributed by atoms with E-state index in [0.29, 0.717) is 22.3 Å². The highest BCUT2D eigenvalue weighted by Crippen LogP contribution is 2.47. The first-order valence-corrected chi connectivity index (χ1v) is 11.4. The van der Waals surface area contributed by atoms with Crippen molar-refractivity contribution < 1.29 is 19.4 Å². The number of benzene rings is 3. The van der Waals surface area contributed by atoms with Crippen molar-refractivity contribution in [3.63, 3.8) is 0 Å². The predicted octanol–water partition coefficient (Wildman–Crippen LogP) is 5.70. The summed E-state index contributed by atoms with van der Waals surface area (Å²) in [6.45, 7) is 0. The molecule has 2 aromatic heterocycles. The van der Waals surface area contributed by atoms with Crippen LogP contribution in [0.15, 0.2) is 80.3 Å². The van der Waals surface area contributed by atoms with Gasteiger partial charge in [0.1, 0.15) is 11.3 Å². The van der Waals surface area contributed by atoms with E-state index in [-0.39, 0.29) is 17.1 Å². The van der Waals surface area contributed by atoms with Crippen LogP contribution in [-0.2, 0) is 0 Å². The van der Waals surface area contributed by atoms with Crippen molar-refractivity contribution in [2.75, 3.05) is 7.11 Å². The van der Waals surface area contributed by atoms with Gasteiger partial charge in [0.05, 0.1) is 33.5 Å². The summed E-state index contributed by atoms with van der Waals surface area (Å²) in [6.07, 6.45) is 0. The van der Waals surface area contributed by atoms with Gasteiger partial charge in [-0.1, -0.05) is 42.1 Å². The Balaban J connectivity index is 1.70. The Bertz CT molecular complexity index is 1470. The zero-order valence-corrected chi connectivity index (χ0v) is 18.4. The highest BCUT2D eigenvalue weighted by Gasteiger charge is 2.28. The van der Waals surface area contributed by atoms with E-state index in [1.807, 2.05) is 24.3 Å². The number of ether oxygens (including phenoxy) is 1. The van der Waals surface area contributed by atoms with Crippen LogP contribution in [-0.4, -0.2) is 22.3 Å². The SMILES string of the molecule is COc1ccc(C(Sc2nc3ccccc3s2)c2c(O)c3ccccc3oc2=O)cc1O. The second-order valence-corrected chi connectivity index (χ2v) is 9.41. The number of fused-ring (bicyclic) bond motifs is 2. The first-order valence-electron chi connectivity index (χ1n) is 9.69. The minimum Gasteiger partial charge on any atom is -0.507 e. The molecule has 160 valence electrons. The van der Waals surface area contributed by atoms with Crippen LogP contribution in [0.3, 0.4) is 0 Å². The molecule has 0 saturated heterocycles. The lowest BCUT2D eigenvalue weighted by Gasteiger charge is -2.18. The standard InChI is InChI=1S/C24H17NO5S2/c1-29-18-11-10-13(12-16(18)26)22(32-24-25-15-7-3-5-9-19(15)31-24)20-21(27)14-6-2-4-8-17(14)30-23(20)28/h2-12,22,26-27H,1H3. The quantitative estimate of drug-likeness (QED) is 0.255. The molecule has 2 heterocycles. The summed E-state index contributed by atoms with van der Waals surface area (Å²) in [4.78, 5) is 17.7. The number of nitrogens with zero attached hydrogens (tertiary/aromatic N) is 1. The predicted molar refractivity (Wildman–Crippen MR) is 126 cm³/mol. The smallest absolute Gasteiger partial charge is 0.344 e. The summed E-state index contributed by atoms with van der Waals surface area (Å²) < 4.78 is 12.4. The molecule has 0 fully saturated rings. The molecule has 5 rings (SSSR count). The first-order chi connectivity index (χ1) is 15.5. The number of methoxy groups -OCH3 is 1. The summed E-state index contributed by atoms with van der Waals surface area (Å²) >= 11 is 2.81. The van der Waals surface area contributed by atoms with E-state index in [0.717, 1.165) is 14.6 Å². The van der Waals surface area contributed by atoms with Gasteiger partial charge >= 0.3 is 5.63 Å². The van der Waals surface area contributed by atoms with Crippen LogP contribution in [0.25, 0.3) is 21.2 Å². The molecule has 8 heteroatoms. The van der Waals surface area contributed by atoms with Crippen LogP contribution < -0.4 is 10.4 Å². The summed E-state index contributed by atoms with van der Waals surface area (Å²) in [6, 6.07) is 19.5. The van der Waals surface area contributed by atoms with Gasteiger partial charge in [-0.25, -0.2) is 9.78 Å². The highest BCUT2D eigenvalue weighted by molar-refractivity contribution is 8.01. The van der Waals surface area contributed by atoms with Crippen LogP contribution in [0.1, 0.15) is 16.4 Å². The third-order valence-electron chi connectivity index (χ3n) is 5.08. The summed E-state index contributed by atoms with van der Waals surface area (Å²) in [5.41, 5.74) is 1.21. The molecule has 5 aromatic rings. The van der Waals surface area contributed by atoms with Crippen LogP contribution in [0.4, 0.5) is 0 Å². The molecule has 0 bridgehead atoms. The Morgan fingerprint density at radius 1 is 1.06 bits per heavy atom. The van der Waals surface area contributed by atoms with Gasteiger partial charge in [0.25, 0.3) is 0 Å². The molecule has 32 heavy (non-hydrogen) atoms. The van der Waals surface area contributed by atoms with Gasteiger partial charge in [0.15, 0.2) is 15.8 Å². The second-order valence-electron chi connectivity index (χ2n) is 7.02. The van der Waals surface area contributed by atoms with Gasteiger partial charge in [0, 0.05) is 0 Å². The average molecular weight is 464 g/mol. The Morgan fingerprint density at radius 2 is 1.84 bits per heavy atom. The minimum absolute atomic E-state index is 0.0652. The fourth-order valence-electron chi connectivity index (χ4n) is 3.55. The lowest BCUT2D eigenvalue weighted by molar-refractivity contribution is 0.373. The number of aromatic nitrogens is 1. The zero-order chi connectivity index (χ0) is 22.2. The number of rotatable bonds is 5. The largest absolute Gasteiger partial charge is 0.507 e. The number of thiazole rings is 1. The summed E-state index contributed by atoms with van der Waals surface area (Å²) in [5, 5.41) is 21.2. The first kappa shape index (κ1) is 20.4. The molecule has 6 nitrogen and oxygen atoms in total. The maximum atomic E-state index is 13.0. The number of phenolic OH excluding ortho intramolecular Hbond substituents is 1. The van der Waals surface area contributed by atoms with Crippen molar-refractivity contribution in [2.24, 2.45) is 0 Å². The van der Waals surface area contributed by atoms with Crippen LogP contribution in [0, 0.1) is 0 Å². The highest BCUT2D eigenvalue weighted by atomic mass is 32.2. The number of phenols is 1. The van der Waals surface area contributed by atoms with Crippen molar-refractivity contribution in [2.45, 2.75) is 9.59 Å². The number of aromatic hydroxyl groups is 2. The van der Waals surface area contributed by atoms with Crippen LogP contribution in [0.2, 0.25) is 0 Å². The maximum Gasteiger partial charge on any atom is 0.344 e. The summed E-state index contributed by atoms with van der Waals surface area (Å²) in [5.74, 6) is 0.0996. The van der Waals surface area contributed by atoms with Crippen molar-refractivity contribution in [1.82, 2.24) is 4.98 Å². The van der Waals surface area contributed by atoms with Gasteiger partial charge in [-0.2, -0.15) is 0 Å². The number of thioether (sulfide) groups is 1. The molecular formula is C24H17NO5S2. The Hall–Kier alpha value is -3.49. The van der Waals surface area contributed by atoms with Gasteiger partial charge in [-0.3, -0.25) is 0 Å². The van der Waals surface area contributed by atoms with Gasteiger partial charge < -0.3 is 19.4 Å². The van der Waals surface area contributed by atoms with E-state index in [2.05, 4.69) is 4.98 Å². The zero-order valence-electron chi connectivity index (χ0n) is 16.8. The number of hydrogen-bond acceptors (Lipinski definition) is 8. The Morgan fingerprint density at radius 3 is 2.62 bits per heavy atom. The lowest BCUT2D eigenvalue weighted by atomic mass is 10.0. The van der Waals surface area contributed by atoms with E-state index >= 15 is 0 Å². The normalized spacial score (nSPS) is 12.3. The Kier molecular flexibility index (Phi) is 5.24. The minimum atomic E-state index is -0.673. The van der Waals surface area contributed by atoms with Crippen molar-refractivity contribution in [3.8, 4) is 17.2 Å². The van der Waals surface area contributed by atoms with E-state index in [1.165, 1.54) is 36.3 Å². The molecule has 1 unspecified atom stereocenters. The van der Waals surface area contributed by atoms with Gasteiger partial charge in [-0.05, 0) is 42.0 Å². The molecule has 0 spiro atoms. The monoisotopic (exact) mass is 463 g/mol. The van der Waals surface area contributed by atoms with Crippen molar-refractivity contribution in [1.29, 1.82) is 0 Å². The third kappa shape index (κ3) is 3.57. The molecule has 0 amide bonds. The molecule has 0 aliphatic carbocycles. The average Bonchev–Trinajstić information content (AvgIpc) is 3.21. The molecule has 0 aliphatic rings. The third-order valence-corrected chi connectivity index (χ3v) is 7.49. The molecule has 0 aliphatic heterocycles. The van der Waals surface area contributed by atoms with E-state index in [4.69, 9.17) is 9.15 Å². The molecular weight excluding hydrogens is 446 g/mol. The van der Waals surface area contributed by atoms with E-state index < -0.39 is 10.9 Å². The molecule has 0 saturated carbocycles. The van der Waals surface area contributed by atoms with Gasteiger partial charge in [0.2, 0.25) is 0 Å². The molecule has 3 aromatic carbocycles. The van der Waals surface area contributed by atoms with E-state index in [1.54, 1.807) is 36.4 Å². The van der Waals surface area contributed by atoms with E-state index in [9.17, 15) is 15.0 Å². The van der Waals surface area contributed by atoms with Crippen molar-refractivity contribution >= 4 is 44.3 Å². The fraction of sp³-hybridized carbons (Fsp3) is 0.0833. The number of para-hydroxylation sites is 2. The maximum absolute atomic E-state index is 13.0. The lowest BCUT2D eigenvalue weighted by Crippen LogP contribution is -2.12. The molecule has 2 N–H and O–H groups in total. The fourth-order valence-corrected chi connectivity index (χ4v) is 5.95. The summed E-state index contributed by atoms with van der Waals surface area (Å²) in [7, 11) is 1.46.